The highest BCUT2D eigenvalue weighted by Gasteiger charge is 2.48. The summed E-state index contributed by atoms with van der Waals surface area (Å²) in [7, 11) is 0. The Labute approximate surface area is 73.9 Å². The van der Waals surface area contributed by atoms with E-state index < -0.39 is 0 Å². The second-order valence-electron chi connectivity index (χ2n) is 4.53. The van der Waals surface area contributed by atoms with Crippen LogP contribution in [-0.2, 0) is 4.74 Å². The lowest BCUT2D eigenvalue weighted by Crippen LogP contribution is -2.52. The molecule has 12 heavy (non-hydrogen) atoms. The monoisotopic (exact) mass is 167 g/mol. The highest BCUT2D eigenvalue weighted by Crippen LogP contribution is 2.45. The summed E-state index contributed by atoms with van der Waals surface area (Å²) in [6, 6.07) is 0. The summed E-state index contributed by atoms with van der Waals surface area (Å²) in [5, 5.41) is 0. The van der Waals surface area contributed by atoms with Gasteiger partial charge in [-0.3, -0.25) is 4.90 Å². The van der Waals surface area contributed by atoms with Crippen LogP contribution in [0.1, 0.15) is 32.1 Å². The second-order valence-corrected chi connectivity index (χ2v) is 4.53. The molecule has 1 aliphatic carbocycles. The number of ether oxygens (including phenoxy) is 1. The molecule has 0 aromatic rings. The molecule has 0 amide bonds. The first-order valence-corrected chi connectivity index (χ1v) is 5.28. The van der Waals surface area contributed by atoms with Crippen molar-refractivity contribution < 1.29 is 4.74 Å². The van der Waals surface area contributed by atoms with Gasteiger partial charge >= 0.3 is 0 Å². The Kier molecular flexibility index (Phi) is 1.50. The maximum absolute atomic E-state index is 5.94. The van der Waals surface area contributed by atoms with Crippen molar-refractivity contribution in [2.45, 2.75) is 37.8 Å². The molecule has 2 bridgehead atoms. The van der Waals surface area contributed by atoms with E-state index in [2.05, 4.69) is 4.90 Å². The van der Waals surface area contributed by atoms with Crippen molar-refractivity contribution in [1.82, 2.24) is 4.90 Å². The van der Waals surface area contributed by atoms with Crippen molar-refractivity contribution >= 4 is 0 Å². The summed E-state index contributed by atoms with van der Waals surface area (Å²) in [4.78, 5) is 2.59. The molecule has 0 unspecified atom stereocenters. The normalized spacial score (nSPS) is 47.5. The van der Waals surface area contributed by atoms with Crippen LogP contribution >= 0.6 is 0 Å². The summed E-state index contributed by atoms with van der Waals surface area (Å²) >= 11 is 0. The van der Waals surface area contributed by atoms with E-state index in [-0.39, 0.29) is 5.72 Å². The third-order valence-corrected chi connectivity index (χ3v) is 3.90. The smallest absolute Gasteiger partial charge is 0.122 e. The number of hydrogen-bond donors (Lipinski definition) is 0. The molecule has 68 valence electrons. The summed E-state index contributed by atoms with van der Waals surface area (Å²) in [5.74, 6) is 0.980. The Balaban J connectivity index is 1.89. The summed E-state index contributed by atoms with van der Waals surface area (Å²) in [5.41, 5.74) is 0.223. The molecule has 2 atom stereocenters. The van der Waals surface area contributed by atoms with Gasteiger partial charge in [-0.2, -0.15) is 0 Å². The number of fused-ring (bicyclic) bond motifs is 1. The number of nitrogens with zero attached hydrogens (tertiary/aromatic N) is 1. The Morgan fingerprint density at radius 1 is 1.25 bits per heavy atom. The fraction of sp³-hybridized carbons (Fsp3) is 1.00. The summed E-state index contributed by atoms with van der Waals surface area (Å²) in [6.45, 7) is 3.46. The van der Waals surface area contributed by atoms with Crippen LogP contribution in [0, 0.1) is 5.92 Å². The van der Waals surface area contributed by atoms with Gasteiger partial charge in [-0.1, -0.05) is 6.42 Å². The SMILES string of the molecule is C1C[C@H]2CCN3CCO[C@]3(C1)C2. The van der Waals surface area contributed by atoms with Crippen LogP contribution < -0.4 is 0 Å². The Morgan fingerprint density at radius 3 is 3.25 bits per heavy atom. The zero-order valence-electron chi connectivity index (χ0n) is 7.59. The van der Waals surface area contributed by atoms with Gasteiger partial charge in [0.1, 0.15) is 5.72 Å². The van der Waals surface area contributed by atoms with Crippen molar-refractivity contribution in [3.05, 3.63) is 0 Å². The van der Waals surface area contributed by atoms with E-state index in [9.17, 15) is 0 Å². The third-order valence-electron chi connectivity index (χ3n) is 3.90. The molecule has 1 spiro atoms. The van der Waals surface area contributed by atoms with Gasteiger partial charge in [0, 0.05) is 13.1 Å². The zero-order valence-corrected chi connectivity index (χ0v) is 7.59. The number of piperidine rings is 1. The van der Waals surface area contributed by atoms with E-state index in [0.717, 1.165) is 12.5 Å². The van der Waals surface area contributed by atoms with E-state index >= 15 is 0 Å². The topological polar surface area (TPSA) is 12.5 Å². The van der Waals surface area contributed by atoms with Crippen molar-refractivity contribution in [3.63, 3.8) is 0 Å². The first kappa shape index (κ1) is 7.34. The molecule has 1 saturated carbocycles. The zero-order chi connectivity index (χ0) is 8.02. The minimum atomic E-state index is 0.223. The van der Waals surface area contributed by atoms with Crippen LogP contribution in [0.25, 0.3) is 0 Å². The van der Waals surface area contributed by atoms with Crippen molar-refractivity contribution in [2.75, 3.05) is 19.7 Å². The Hall–Kier alpha value is -0.0800. The minimum absolute atomic E-state index is 0.223. The van der Waals surface area contributed by atoms with Crippen LogP contribution in [0.5, 0.6) is 0 Å². The average molecular weight is 167 g/mol. The molecule has 0 radical (unpaired) electrons. The van der Waals surface area contributed by atoms with Crippen LogP contribution in [0.4, 0.5) is 0 Å². The highest BCUT2D eigenvalue weighted by molar-refractivity contribution is 4.95. The first-order valence-electron chi connectivity index (χ1n) is 5.28. The lowest BCUT2D eigenvalue weighted by Gasteiger charge is -2.47. The van der Waals surface area contributed by atoms with Gasteiger partial charge in [0.2, 0.25) is 0 Å². The molecule has 2 saturated heterocycles. The summed E-state index contributed by atoms with van der Waals surface area (Å²) < 4.78 is 5.94. The van der Waals surface area contributed by atoms with Crippen LogP contribution in [0.3, 0.4) is 0 Å². The first-order chi connectivity index (χ1) is 5.89. The minimum Gasteiger partial charge on any atom is -0.359 e. The maximum atomic E-state index is 5.94. The van der Waals surface area contributed by atoms with E-state index in [0.29, 0.717) is 0 Å². The molecule has 0 aromatic carbocycles. The maximum Gasteiger partial charge on any atom is 0.122 e. The molecule has 0 N–H and O–H groups in total. The van der Waals surface area contributed by atoms with E-state index in [4.69, 9.17) is 4.74 Å². The molecule has 2 aliphatic heterocycles. The van der Waals surface area contributed by atoms with Crippen molar-refractivity contribution in [3.8, 4) is 0 Å². The molecule has 0 aromatic heterocycles. The van der Waals surface area contributed by atoms with Crippen LogP contribution in [0.15, 0.2) is 0 Å². The van der Waals surface area contributed by atoms with Crippen LogP contribution in [0.2, 0.25) is 0 Å². The molecule has 3 aliphatic rings. The van der Waals surface area contributed by atoms with Gasteiger partial charge in [-0.05, 0) is 31.6 Å². The fourth-order valence-corrected chi connectivity index (χ4v) is 3.28. The largest absolute Gasteiger partial charge is 0.359 e. The van der Waals surface area contributed by atoms with Gasteiger partial charge in [-0.25, -0.2) is 0 Å². The van der Waals surface area contributed by atoms with E-state index in [1.807, 2.05) is 0 Å². The standard InChI is InChI=1S/C10H17NO/c1-2-9-3-5-11-6-7-12-10(11,4-1)8-9/h9H,1-8H2/t9-,10+/m0/s1. The fourth-order valence-electron chi connectivity index (χ4n) is 3.28. The number of rotatable bonds is 0. The lowest BCUT2D eigenvalue weighted by atomic mass is 9.77. The summed E-state index contributed by atoms with van der Waals surface area (Å²) in [6.07, 6.45) is 6.89. The van der Waals surface area contributed by atoms with E-state index in [1.54, 1.807) is 0 Å². The van der Waals surface area contributed by atoms with Crippen molar-refractivity contribution in [2.24, 2.45) is 5.92 Å². The van der Waals surface area contributed by atoms with Gasteiger partial charge in [0.05, 0.1) is 6.61 Å². The van der Waals surface area contributed by atoms with Crippen LogP contribution in [-0.4, -0.2) is 30.3 Å². The molecule has 2 nitrogen and oxygen atoms in total. The van der Waals surface area contributed by atoms with Gasteiger partial charge < -0.3 is 4.74 Å². The van der Waals surface area contributed by atoms with Gasteiger partial charge in [0.15, 0.2) is 0 Å². The highest BCUT2D eigenvalue weighted by atomic mass is 16.5. The Morgan fingerprint density at radius 2 is 2.25 bits per heavy atom. The third kappa shape index (κ3) is 0.882. The van der Waals surface area contributed by atoms with Gasteiger partial charge in [-0.15, -0.1) is 0 Å². The number of hydrogen-bond acceptors (Lipinski definition) is 2. The molecule has 2 heterocycles. The molecular formula is C10H17NO. The quantitative estimate of drug-likeness (QED) is 0.543. The average Bonchev–Trinajstić information content (AvgIpc) is 2.46. The molecule has 3 fully saturated rings. The Bertz CT molecular complexity index is 194. The lowest BCUT2D eigenvalue weighted by molar-refractivity contribution is -0.141. The predicted octanol–water partition coefficient (Wildman–Crippen LogP) is 1.61. The molecule has 3 rings (SSSR count). The van der Waals surface area contributed by atoms with Crippen molar-refractivity contribution in [1.29, 1.82) is 0 Å². The molecule has 2 heteroatoms. The molecular weight excluding hydrogens is 150 g/mol. The van der Waals surface area contributed by atoms with Gasteiger partial charge in [0.25, 0.3) is 0 Å². The van der Waals surface area contributed by atoms with E-state index in [1.165, 1.54) is 45.2 Å². The predicted molar refractivity (Wildman–Crippen MR) is 46.8 cm³/mol. The second kappa shape index (κ2) is 2.46.